The SMILES string of the molecule is CC1(C)C(C(=O)C2CCC3=C(Cc4cccc(C(=O)O)c4N3O)N2)C1(C)C. The second-order valence-electron chi connectivity index (χ2n) is 9.05. The van der Waals surface area contributed by atoms with Crippen LogP contribution in [0.15, 0.2) is 29.6 Å². The zero-order valence-electron chi connectivity index (χ0n) is 16.2. The zero-order chi connectivity index (χ0) is 19.7. The Bertz CT molecular complexity index is 870. The third-order valence-electron chi connectivity index (χ3n) is 7.20. The monoisotopic (exact) mass is 370 g/mol. The highest BCUT2D eigenvalue weighted by Crippen LogP contribution is 2.69. The number of allylic oxidation sites excluding steroid dienone is 2. The van der Waals surface area contributed by atoms with Crippen LogP contribution in [0.25, 0.3) is 0 Å². The Balaban J connectivity index is 1.60. The van der Waals surface area contributed by atoms with Crippen LogP contribution in [-0.2, 0) is 11.2 Å². The van der Waals surface area contributed by atoms with Gasteiger partial charge in [0.1, 0.15) is 0 Å². The third kappa shape index (κ3) is 2.42. The molecule has 0 radical (unpaired) electrons. The molecule has 1 unspecified atom stereocenters. The molecular formula is C21H26N2O4. The second-order valence-corrected chi connectivity index (χ2v) is 9.05. The quantitative estimate of drug-likeness (QED) is 0.756. The number of ketones is 1. The molecule has 1 saturated carbocycles. The van der Waals surface area contributed by atoms with E-state index < -0.39 is 5.97 Å². The summed E-state index contributed by atoms with van der Waals surface area (Å²) in [7, 11) is 0. The van der Waals surface area contributed by atoms with E-state index in [-0.39, 0.29) is 34.1 Å². The number of nitrogens with one attached hydrogen (secondary N) is 1. The number of para-hydroxylation sites is 1. The molecule has 1 fully saturated rings. The zero-order valence-corrected chi connectivity index (χ0v) is 16.2. The van der Waals surface area contributed by atoms with Crippen LogP contribution in [-0.4, -0.2) is 28.1 Å². The normalized spacial score (nSPS) is 25.4. The Morgan fingerprint density at radius 3 is 2.44 bits per heavy atom. The number of fused-ring (bicyclic) bond motifs is 1. The van der Waals surface area contributed by atoms with Crippen LogP contribution in [0.4, 0.5) is 5.69 Å². The summed E-state index contributed by atoms with van der Waals surface area (Å²) < 4.78 is 0. The van der Waals surface area contributed by atoms with Crippen LogP contribution in [0.1, 0.15) is 56.5 Å². The molecule has 2 aliphatic heterocycles. The highest BCUT2D eigenvalue weighted by molar-refractivity contribution is 5.96. The molecule has 6 heteroatoms. The Labute approximate surface area is 158 Å². The van der Waals surface area contributed by atoms with Gasteiger partial charge in [-0.15, -0.1) is 0 Å². The first kappa shape index (κ1) is 18.0. The number of benzene rings is 1. The maximum Gasteiger partial charge on any atom is 0.337 e. The number of aromatic carboxylic acids is 1. The Hall–Kier alpha value is -2.34. The number of carboxylic acids is 1. The summed E-state index contributed by atoms with van der Waals surface area (Å²) in [5.41, 5.74) is 2.63. The summed E-state index contributed by atoms with van der Waals surface area (Å²) in [5, 5.41) is 24.5. The summed E-state index contributed by atoms with van der Waals surface area (Å²) in [6.45, 7) is 8.57. The minimum absolute atomic E-state index is 0.00100. The number of hydrogen-bond donors (Lipinski definition) is 3. The van der Waals surface area contributed by atoms with E-state index in [1.807, 2.05) is 6.07 Å². The highest BCUT2D eigenvalue weighted by Gasteiger charge is 2.68. The standard InChI is InChI=1S/C21H26N2O4/c1-20(2)18(21(20,3)4)17(24)13-8-9-15-14(22-13)10-11-6-5-7-12(19(25)26)16(11)23(15)27/h5-7,13,18,22,27H,8-10H2,1-4H3,(H,25,26). The largest absolute Gasteiger partial charge is 0.478 e. The molecule has 3 N–H and O–H groups in total. The lowest BCUT2D eigenvalue weighted by atomic mass is 9.89. The summed E-state index contributed by atoms with van der Waals surface area (Å²) in [4.78, 5) is 24.6. The fraction of sp³-hybridized carbons (Fsp3) is 0.524. The molecule has 2 heterocycles. The smallest absolute Gasteiger partial charge is 0.337 e. The topological polar surface area (TPSA) is 89.9 Å². The van der Waals surface area contributed by atoms with Gasteiger partial charge in [-0.2, -0.15) is 0 Å². The minimum atomic E-state index is -1.06. The minimum Gasteiger partial charge on any atom is -0.478 e. The van der Waals surface area contributed by atoms with Gasteiger partial charge in [0, 0.05) is 18.0 Å². The number of nitrogens with zero attached hydrogens (tertiary/aromatic N) is 1. The van der Waals surface area contributed by atoms with Crippen LogP contribution in [0, 0.1) is 16.7 Å². The number of anilines is 1. The maximum absolute atomic E-state index is 13.1. The molecule has 0 amide bonds. The van der Waals surface area contributed by atoms with Crippen LogP contribution in [0.3, 0.4) is 0 Å². The predicted octanol–water partition coefficient (Wildman–Crippen LogP) is 3.35. The van der Waals surface area contributed by atoms with Gasteiger partial charge in [0.05, 0.1) is 23.0 Å². The molecule has 1 aliphatic carbocycles. The van der Waals surface area contributed by atoms with Crippen molar-refractivity contribution in [3.8, 4) is 0 Å². The number of carboxylic acid groups (broad SMARTS) is 1. The van der Waals surface area contributed by atoms with Crippen molar-refractivity contribution in [1.82, 2.24) is 5.32 Å². The van der Waals surface area contributed by atoms with Crippen LogP contribution < -0.4 is 10.4 Å². The Morgan fingerprint density at radius 2 is 1.85 bits per heavy atom. The molecule has 6 nitrogen and oxygen atoms in total. The molecule has 1 aromatic carbocycles. The first-order valence-corrected chi connectivity index (χ1v) is 9.44. The van der Waals surface area contributed by atoms with Gasteiger partial charge in [-0.3, -0.25) is 10.0 Å². The van der Waals surface area contributed by atoms with E-state index in [1.165, 1.54) is 6.07 Å². The van der Waals surface area contributed by atoms with E-state index in [2.05, 4.69) is 33.0 Å². The Morgan fingerprint density at radius 1 is 1.19 bits per heavy atom. The van der Waals surface area contributed by atoms with Gasteiger partial charge < -0.3 is 10.4 Å². The lowest BCUT2D eigenvalue weighted by Crippen LogP contribution is -2.45. The number of hydroxylamine groups is 1. The van der Waals surface area contributed by atoms with Crippen molar-refractivity contribution >= 4 is 17.4 Å². The molecule has 1 atom stereocenters. The van der Waals surface area contributed by atoms with Gasteiger partial charge in [-0.25, -0.2) is 9.86 Å². The predicted molar refractivity (Wildman–Crippen MR) is 101 cm³/mol. The van der Waals surface area contributed by atoms with Crippen LogP contribution >= 0.6 is 0 Å². The molecule has 0 spiro atoms. The van der Waals surface area contributed by atoms with Crippen LogP contribution in [0.2, 0.25) is 0 Å². The van der Waals surface area contributed by atoms with Crippen molar-refractivity contribution in [1.29, 1.82) is 0 Å². The number of carbonyl (C=O) groups excluding carboxylic acids is 1. The van der Waals surface area contributed by atoms with E-state index in [0.717, 1.165) is 16.3 Å². The fourth-order valence-corrected chi connectivity index (χ4v) is 4.99. The van der Waals surface area contributed by atoms with Gasteiger partial charge in [0.15, 0.2) is 5.78 Å². The van der Waals surface area contributed by atoms with Gasteiger partial charge in [0.25, 0.3) is 0 Å². The molecule has 4 rings (SSSR count). The molecule has 0 bridgehead atoms. The summed E-state index contributed by atoms with van der Waals surface area (Å²) >= 11 is 0. The molecule has 1 aromatic rings. The summed E-state index contributed by atoms with van der Waals surface area (Å²) in [5.74, 6) is -0.791. The van der Waals surface area contributed by atoms with Crippen molar-refractivity contribution in [2.45, 2.75) is 53.0 Å². The average molecular weight is 370 g/mol. The van der Waals surface area contributed by atoms with E-state index >= 15 is 0 Å². The van der Waals surface area contributed by atoms with Crippen LogP contribution in [0.5, 0.6) is 0 Å². The van der Waals surface area contributed by atoms with E-state index in [9.17, 15) is 19.9 Å². The third-order valence-corrected chi connectivity index (χ3v) is 7.20. The molecule has 0 aromatic heterocycles. The van der Waals surface area contributed by atoms with Crippen molar-refractivity contribution in [3.63, 3.8) is 0 Å². The van der Waals surface area contributed by atoms with Gasteiger partial charge in [-0.1, -0.05) is 39.8 Å². The van der Waals surface area contributed by atoms with Gasteiger partial charge in [-0.05, 0) is 35.3 Å². The molecular weight excluding hydrogens is 344 g/mol. The molecule has 144 valence electrons. The number of rotatable bonds is 3. The molecule has 0 saturated heterocycles. The maximum atomic E-state index is 13.1. The average Bonchev–Trinajstić information content (AvgIpc) is 3.02. The summed E-state index contributed by atoms with van der Waals surface area (Å²) in [6, 6.07) is 4.74. The summed E-state index contributed by atoms with van der Waals surface area (Å²) in [6.07, 6.45) is 1.63. The number of Topliss-reactive ketones (excluding diaryl/α,β-unsaturated/α-hetero) is 1. The number of carbonyl (C=O) groups is 2. The lowest BCUT2D eigenvalue weighted by Gasteiger charge is -2.37. The Kier molecular flexibility index (Phi) is 3.73. The highest BCUT2D eigenvalue weighted by atomic mass is 16.5. The van der Waals surface area contributed by atoms with E-state index in [0.29, 0.717) is 30.6 Å². The molecule has 3 aliphatic rings. The lowest BCUT2D eigenvalue weighted by molar-refractivity contribution is -0.123. The van der Waals surface area contributed by atoms with Gasteiger partial charge >= 0.3 is 5.97 Å². The fourth-order valence-electron chi connectivity index (χ4n) is 4.99. The molecule has 27 heavy (non-hydrogen) atoms. The van der Waals surface area contributed by atoms with Gasteiger partial charge in [0.2, 0.25) is 0 Å². The second kappa shape index (κ2) is 5.58. The first-order valence-electron chi connectivity index (χ1n) is 9.44. The van der Waals surface area contributed by atoms with Crippen molar-refractivity contribution in [2.75, 3.05) is 5.06 Å². The first-order chi connectivity index (χ1) is 12.6. The van der Waals surface area contributed by atoms with E-state index in [4.69, 9.17) is 0 Å². The van der Waals surface area contributed by atoms with E-state index in [1.54, 1.807) is 6.07 Å². The van der Waals surface area contributed by atoms with Crippen molar-refractivity contribution in [3.05, 3.63) is 40.7 Å². The van der Waals surface area contributed by atoms with Crippen molar-refractivity contribution in [2.24, 2.45) is 16.7 Å². The number of hydrogen-bond acceptors (Lipinski definition) is 5. The van der Waals surface area contributed by atoms with Crippen molar-refractivity contribution < 1.29 is 19.9 Å².